The molecule has 98 valence electrons. The van der Waals surface area contributed by atoms with Crippen molar-refractivity contribution < 1.29 is 9.63 Å². The van der Waals surface area contributed by atoms with Crippen molar-refractivity contribution in [3.05, 3.63) is 51.8 Å². The van der Waals surface area contributed by atoms with Crippen molar-refractivity contribution in [2.75, 3.05) is 0 Å². The second kappa shape index (κ2) is 4.70. The van der Waals surface area contributed by atoms with E-state index < -0.39 is 0 Å². The molecule has 1 aliphatic rings. The molecule has 1 aromatic heterocycles. The molecular formula is C14H14ClN2O2+. The third-order valence-electron chi connectivity index (χ3n) is 3.54. The van der Waals surface area contributed by atoms with Gasteiger partial charge in [-0.2, -0.15) is 4.73 Å². The van der Waals surface area contributed by atoms with E-state index in [9.17, 15) is 10.1 Å². The summed E-state index contributed by atoms with van der Waals surface area (Å²) >= 11 is 5.85. The van der Waals surface area contributed by atoms with Crippen molar-refractivity contribution in [2.45, 2.75) is 25.7 Å². The molecule has 0 amide bonds. The Balaban J connectivity index is 2.20. The second-order valence-corrected chi connectivity index (χ2v) is 5.20. The zero-order valence-electron chi connectivity index (χ0n) is 10.3. The summed E-state index contributed by atoms with van der Waals surface area (Å²) in [6.45, 7) is 0. The first-order chi connectivity index (χ1) is 9.16. The van der Waals surface area contributed by atoms with Crippen molar-refractivity contribution in [3.63, 3.8) is 0 Å². The van der Waals surface area contributed by atoms with E-state index in [4.69, 9.17) is 11.6 Å². The molecule has 2 aromatic rings. The fraction of sp³-hybridized carbons (Fsp3) is 0.286. The normalized spacial score (nSPS) is 14.2. The second-order valence-electron chi connectivity index (χ2n) is 4.76. The average molecular weight is 278 g/mol. The highest BCUT2D eigenvalue weighted by Crippen LogP contribution is 2.24. The van der Waals surface area contributed by atoms with E-state index in [0.717, 1.165) is 40.4 Å². The largest absolute Gasteiger partial charge is 0.428 e. The molecule has 0 spiro atoms. The maximum absolute atomic E-state index is 12.0. The van der Waals surface area contributed by atoms with E-state index in [1.807, 2.05) is 0 Å². The third-order valence-corrected chi connectivity index (χ3v) is 3.79. The van der Waals surface area contributed by atoms with Crippen molar-refractivity contribution >= 4 is 11.6 Å². The van der Waals surface area contributed by atoms with Gasteiger partial charge in [0.25, 0.3) is 11.9 Å². The molecular weight excluding hydrogens is 264 g/mol. The van der Waals surface area contributed by atoms with E-state index in [1.165, 1.54) is 6.20 Å². The zero-order chi connectivity index (χ0) is 13.4. The number of hydrogen-bond donors (Lipinski definition) is 1. The lowest BCUT2D eigenvalue weighted by Crippen LogP contribution is -2.30. The Morgan fingerprint density at radius 2 is 1.84 bits per heavy atom. The number of fused-ring (bicyclic) bond motifs is 1. The Bertz CT molecular complexity index is 677. The van der Waals surface area contributed by atoms with E-state index in [0.29, 0.717) is 22.1 Å². The van der Waals surface area contributed by atoms with Crippen LogP contribution in [0.3, 0.4) is 0 Å². The van der Waals surface area contributed by atoms with Crippen LogP contribution in [0.25, 0.3) is 11.3 Å². The number of halogens is 1. The van der Waals surface area contributed by atoms with Crippen LogP contribution in [-0.4, -0.2) is 9.94 Å². The predicted molar refractivity (Wildman–Crippen MR) is 72.1 cm³/mol. The lowest BCUT2D eigenvalue weighted by atomic mass is 10.00. The maximum Gasteiger partial charge on any atom is 0.262 e. The monoisotopic (exact) mass is 277 g/mol. The highest BCUT2D eigenvalue weighted by molar-refractivity contribution is 6.30. The lowest BCUT2D eigenvalue weighted by molar-refractivity contribution is -0.507. The van der Waals surface area contributed by atoms with Crippen molar-refractivity contribution in [1.82, 2.24) is 4.73 Å². The minimum absolute atomic E-state index is 0.493. The van der Waals surface area contributed by atoms with E-state index in [-0.39, 0.29) is 0 Å². The first kappa shape index (κ1) is 12.2. The van der Waals surface area contributed by atoms with Gasteiger partial charge in [0, 0.05) is 21.9 Å². The Morgan fingerprint density at radius 3 is 2.58 bits per heavy atom. The van der Waals surface area contributed by atoms with Crippen LogP contribution in [0.4, 0.5) is 0 Å². The molecule has 0 radical (unpaired) electrons. The molecule has 0 saturated carbocycles. The molecule has 4 nitrogen and oxygen atoms in total. The molecule has 19 heavy (non-hydrogen) atoms. The number of rotatable bonds is 1. The van der Waals surface area contributed by atoms with Gasteiger partial charge in [0.1, 0.15) is 5.69 Å². The van der Waals surface area contributed by atoms with Crippen molar-refractivity contribution in [2.24, 2.45) is 0 Å². The highest BCUT2D eigenvalue weighted by Gasteiger charge is 2.26. The molecule has 0 unspecified atom stereocenters. The van der Waals surface area contributed by atoms with E-state index >= 15 is 0 Å². The molecule has 1 aliphatic carbocycles. The van der Waals surface area contributed by atoms with Gasteiger partial charge in [-0.1, -0.05) is 23.7 Å². The quantitative estimate of drug-likeness (QED) is 0.644. The molecule has 3 rings (SSSR count). The summed E-state index contributed by atoms with van der Waals surface area (Å²) in [5.41, 5.74) is 2.65. The van der Waals surface area contributed by atoms with Gasteiger partial charge < -0.3 is 5.21 Å². The van der Waals surface area contributed by atoms with Crippen LogP contribution in [-0.2, 0) is 12.8 Å². The third kappa shape index (κ3) is 2.12. The van der Waals surface area contributed by atoms with Crippen LogP contribution in [0.15, 0.2) is 30.5 Å². The summed E-state index contributed by atoms with van der Waals surface area (Å²) in [5, 5.41) is 10.9. The smallest absolute Gasteiger partial charge is 0.262 e. The van der Waals surface area contributed by atoms with Gasteiger partial charge in [-0.05, 0) is 31.4 Å². The summed E-state index contributed by atoms with van der Waals surface area (Å²) in [4.78, 5) is 12.0. The van der Waals surface area contributed by atoms with E-state index in [2.05, 4.69) is 0 Å². The molecule has 0 saturated heterocycles. The molecule has 5 heteroatoms. The van der Waals surface area contributed by atoms with Crippen molar-refractivity contribution in [3.8, 4) is 11.3 Å². The number of hydrogen-bond acceptors (Lipinski definition) is 2. The zero-order valence-corrected chi connectivity index (χ0v) is 11.1. The van der Waals surface area contributed by atoms with E-state index in [1.54, 1.807) is 24.3 Å². The first-order valence-electron chi connectivity index (χ1n) is 6.32. The molecule has 1 heterocycles. The van der Waals surface area contributed by atoms with Crippen LogP contribution in [0.5, 0.6) is 0 Å². The summed E-state index contributed by atoms with van der Waals surface area (Å²) in [7, 11) is 0. The Hall–Kier alpha value is -1.81. The SMILES string of the molecule is O=[n+]1cc(-c2ccc(Cl)cc2)n(O)c2c1CCCC2. The topological polar surface area (TPSA) is 48.1 Å². The standard InChI is InChI=1S/C14H14ClN2O2/c15-11-7-5-10(6-8-11)14-9-16(18)12-3-1-2-4-13(12)17(14)19/h5-9,19H,1-4H2/q+1. The highest BCUT2D eigenvalue weighted by atomic mass is 35.5. The minimum Gasteiger partial charge on any atom is -0.428 e. The van der Waals surface area contributed by atoms with Crippen LogP contribution in [0.2, 0.25) is 5.02 Å². The van der Waals surface area contributed by atoms with Crippen LogP contribution in [0.1, 0.15) is 24.2 Å². The van der Waals surface area contributed by atoms with Gasteiger partial charge in [-0.3, -0.25) is 0 Å². The Kier molecular flexibility index (Phi) is 3.03. The fourth-order valence-corrected chi connectivity index (χ4v) is 2.67. The number of nitrogens with zero attached hydrogens (tertiary/aromatic N) is 2. The molecule has 0 bridgehead atoms. The van der Waals surface area contributed by atoms with Gasteiger partial charge in [0.15, 0.2) is 5.69 Å². The van der Waals surface area contributed by atoms with Gasteiger partial charge in [0.05, 0.1) is 4.43 Å². The van der Waals surface area contributed by atoms with Crippen LogP contribution in [0, 0.1) is 4.91 Å². The predicted octanol–water partition coefficient (Wildman–Crippen LogP) is 2.84. The summed E-state index contributed by atoms with van der Waals surface area (Å²) in [5.74, 6) is 0. The molecule has 0 aliphatic heterocycles. The van der Waals surface area contributed by atoms with Gasteiger partial charge in [-0.25, -0.2) is 0 Å². The Morgan fingerprint density at radius 1 is 1.16 bits per heavy atom. The van der Waals surface area contributed by atoms with Gasteiger partial charge in [-0.15, -0.1) is 0 Å². The lowest BCUT2D eigenvalue weighted by Gasteiger charge is -2.14. The molecule has 1 N–H and O–H groups in total. The number of aromatic nitrogens is 2. The number of benzene rings is 1. The molecule has 0 atom stereocenters. The van der Waals surface area contributed by atoms with Crippen LogP contribution >= 0.6 is 11.6 Å². The molecule has 0 fully saturated rings. The fourth-order valence-electron chi connectivity index (χ4n) is 2.55. The first-order valence-corrected chi connectivity index (χ1v) is 6.70. The summed E-state index contributed by atoms with van der Waals surface area (Å²) in [6, 6.07) is 7.07. The maximum atomic E-state index is 12.0. The minimum atomic E-state index is 0.493. The Labute approximate surface area is 115 Å². The van der Waals surface area contributed by atoms with Crippen LogP contribution < -0.4 is 4.43 Å². The average Bonchev–Trinajstić information content (AvgIpc) is 2.44. The molecule has 1 aromatic carbocycles. The summed E-state index contributed by atoms with van der Waals surface area (Å²) in [6.07, 6.45) is 4.87. The van der Waals surface area contributed by atoms with Crippen molar-refractivity contribution in [1.29, 1.82) is 0 Å². The summed E-state index contributed by atoms with van der Waals surface area (Å²) < 4.78 is 2.03. The van der Waals surface area contributed by atoms with Gasteiger partial charge in [0.2, 0.25) is 0 Å². The van der Waals surface area contributed by atoms with Gasteiger partial charge >= 0.3 is 0 Å².